The van der Waals surface area contributed by atoms with Gasteiger partial charge in [-0.05, 0) is 37.8 Å². The lowest BCUT2D eigenvalue weighted by molar-refractivity contribution is -0.127. The van der Waals surface area contributed by atoms with E-state index < -0.39 is 0 Å². The van der Waals surface area contributed by atoms with Crippen molar-refractivity contribution in [3.05, 3.63) is 36.2 Å². The van der Waals surface area contributed by atoms with Crippen LogP contribution in [0.4, 0.5) is 0 Å². The van der Waals surface area contributed by atoms with Crippen LogP contribution in [0.2, 0.25) is 0 Å². The summed E-state index contributed by atoms with van der Waals surface area (Å²) in [6.45, 7) is 3.48. The fourth-order valence-corrected chi connectivity index (χ4v) is 4.09. The molecule has 5 heteroatoms. The van der Waals surface area contributed by atoms with E-state index in [1.165, 1.54) is 6.42 Å². The Kier molecular flexibility index (Phi) is 4.27. The van der Waals surface area contributed by atoms with Crippen LogP contribution >= 0.6 is 0 Å². The highest BCUT2D eigenvalue weighted by Crippen LogP contribution is 2.42. The Balaban J connectivity index is 1.44. The Morgan fingerprint density at radius 1 is 1.46 bits per heavy atom. The monoisotopic (exact) mass is 328 g/mol. The van der Waals surface area contributed by atoms with E-state index in [1.807, 2.05) is 17.0 Å². The average molecular weight is 328 g/mol. The van der Waals surface area contributed by atoms with Crippen LogP contribution in [0.5, 0.6) is 5.75 Å². The summed E-state index contributed by atoms with van der Waals surface area (Å²) in [6.07, 6.45) is 9.90. The first-order chi connectivity index (χ1) is 11.8. The molecular formula is C19H24N2O3. The first-order valence-electron chi connectivity index (χ1n) is 8.86. The highest BCUT2D eigenvalue weighted by Gasteiger charge is 2.52. The maximum Gasteiger partial charge on any atom is 0.249 e. The molecular weight excluding hydrogens is 304 g/mol. The maximum atomic E-state index is 12.8. The second kappa shape index (κ2) is 6.55. The summed E-state index contributed by atoms with van der Waals surface area (Å²) in [4.78, 5) is 18.9. The number of carbonyl (C=O) groups is 1. The molecule has 0 saturated carbocycles. The number of fused-ring (bicyclic) bond motifs is 1. The Morgan fingerprint density at radius 3 is 3.21 bits per heavy atom. The minimum absolute atomic E-state index is 0.0826. The highest BCUT2D eigenvalue weighted by molar-refractivity contribution is 5.93. The standard InChI is InChI=1S/C19H24N2O3/c22-18(15-5-2-1-3-6-15)21-10-16-11-23-13-19(16,12-21)14-24-17-7-4-8-20-9-17/h4-5,7-9,16H,1-3,6,10-14H2/t16-,19+/m1/s1. The third-order valence-corrected chi connectivity index (χ3v) is 5.53. The number of ether oxygens (including phenoxy) is 2. The molecule has 0 spiro atoms. The molecule has 1 aromatic rings. The number of pyridine rings is 1. The molecule has 3 heterocycles. The second-order valence-corrected chi connectivity index (χ2v) is 7.21. The lowest BCUT2D eigenvalue weighted by atomic mass is 9.82. The van der Waals surface area contributed by atoms with Crippen molar-refractivity contribution in [1.29, 1.82) is 0 Å². The summed E-state index contributed by atoms with van der Waals surface area (Å²) in [5.74, 6) is 1.37. The summed E-state index contributed by atoms with van der Waals surface area (Å²) in [5.41, 5.74) is 0.922. The van der Waals surface area contributed by atoms with Gasteiger partial charge in [-0.1, -0.05) is 6.08 Å². The molecule has 2 aliphatic heterocycles. The van der Waals surface area contributed by atoms with Gasteiger partial charge in [0.15, 0.2) is 0 Å². The number of hydrogen-bond acceptors (Lipinski definition) is 4. The van der Waals surface area contributed by atoms with Crippen LogP contribution in [-0.2, 0) is 9.53 Å². The van der Waals surface area contributed by atoms with Gasteiger partial charge in [-0.3, -0.25) is 9.78 Å². The summed E-state index contributed by atoms with van der Waals surface area (Å²) in [7, 11) is 0. The minimum atomic E-state index is -0.0826. The first-order valence-corrected chi connectivity index (χ1v) is 8.86. The van der Waals surface area contributed by atoms with Crippen molar-refractivity contribution in [2.24, 2.45) is 11.3 Å². The van der Waals surface area contributed by atoms with E-state index in [0.717, 1.165) is 50.3 Å². The van der Waals surface area contributed by atoms with Gasteiger partial charge in [0.2, 0.25) is 5.91 Å². The zero-order valence-corrected chi connectivity index (χ0v) is 13.9. The van der Waals surface area contributed by atoms with Crippen molar-refractivity contribution in [2.45, 2.75) is 25.7 Å². The zero-order chi connectivity index (χ0) is 16.4. The van der Waals surface area contributed by atoms with Crippen molar-refractivity contribution in [1.82, 2.24) is 9.88 Å². The Hall–Kier alpha value is -1.88. The predicted molar refractivity (Wildman–Crippen MR) is 89.6 cm³/mol. The summed E-state index contributed by atoms with van der Waals surface area (Å²) < 4.78 is 11.7. The molecule has 0 unspecified atom stereocenters. The molecule has 1 amide bonds. The smallest absolute Gasteiger partial charge is 0.249 e. The van der Waals surface area contributed by atoms with Crippen molar-refractivity contribution >= 4 is 5.91 Å². The molecule has 0 N–H and O–H groups in total. The SMILES string of the molecule is O=C(C1=CCCCC1)N1C[C@@H]2COC[C@]2(COc2cccnc2)C1. The largest absolute Gasteiger partial charge is 0.491 e. The molecule has 24 heavy (non-hydrogen) atoms. The number of aromatic nitrogens is 1. The van der Waals surface area contributed by atoms with Gasteiger partial charge in [-0.25, -0.2) is 0 Å². The van der Waals surface area contributed by atoms with Gasteiger partial charge < -0.3 is 14.4 Å². The van der Waals surface area contributed by atoms with Crippen LogP contribution < -0.4 is 4.74 Å². The van der Waals surface area contributed by atoms with Gasteiger partial charge in [0.25, 0.3) is 0 Å². The van der Waals surface area contributed by atoms with E-state index in [-0.39, 0.29) is 11.3 Å². The maximum absolute atomic E-state index is 12.8. The fraction of sp³-hybridized carbons (Fsp3) is 0.579. The molecule has 5 nitrogen and oxygen atoms in total. The van der Waals surface area contributed by atoms with Crippen LogP contribution in [0.1, 0.15) is 25.7 Å². The molecule has 0 aromatic carbocycles. The lowest BCUT2D eigenvalue weighted by Gasteiger charge is -2.27. The number of rotatable bonds is 4. The van der Waals surface area contributed by atoms with Crippen molar-refractivity contribution in [3.8, 4) is 5.75 Å². The van der Waals surface area contributed by atoms with E-state index in [4.69, 9.17) is 9.47 Å². The third-order valence-electron chi connectivity index (χ3n) is 5.53. The number of carbonyl (C=O) groups excluding carboxylic acids is 1. The third kappa shape index (κ3) is 2.93. The Bertz CT molecular complexity index is 631. The van der Waals surface area contributed by atoms with Crippen LogP contribution in [-0.4, -0.2) is 48.7 Å². The topological polar surface area (TPSA) is 51.7 Å². The van der Waals surface area contributed by atoms with Gasteiger partial charge in [-0.2, -0.15) is 0 Å². The van der Waals surface area contributed by atoms with Crippen molar-refractivity contribution in [2.75, 3.05) is 32.9 Å². The molecule has 0 bridgehead atoms. The van der Waals surface area contributed by atoms with Crippen LogP contribution in [0.15, 0.2) is 36.2 Å². The quantitative estimate of drug-likeness (QED) is 0.852. The number of hydrogen-bond donors (Lipinski definition) is 0. The number of nitrogens with zero attached hydrogens (tertiary/aromatic N) is 2. The zero-order valence-electron chi connectivity index (χ0n) is 13.9. The average Bonchev–Trinajstić information content (AvgIpc) is 3.18. The van der Waals surface area contributed by atoms with Gasteiger partial charge in [0.1, 0.15) is 5.75 Å². The molecule has 2 saturated heterocycles. The Labute approximate surface area is 142 Å². The molecule has 4 rings (SSSR count). The van der Waals surface area contributed by atoms with Crippen molar-refractivity contribution < 1.29 is 14.3 Å². The van der Waals surface area contributed by atoms with Crippen LogP contribution in [0.3, 0.4) is 0 Å². The molecule has 1 aromatic heterocycles. The predicted octanol–water partition coefficient (Wildman–Crippen LogP) is 2.44. The Morgan fingerprint density at radius 2 is 2.42 bits per heavy atom. The molecule has 128 valence electrons. The molecule has 3 aliphatic rings. The van der Waals surface area contributed by atoms with E-state index in [9.17, 15) is 4.79 Å². The second-order valence-electron chi connectivity index (χ2n) is 7.21. The van der Waals surface area contributed by atoms with E-state index in [1.54, 1.807) is 12.4 Å². The van der Waals surface area contributed by atoms with Crippen molar-refractivity contribution in [3.63, 3.8) is 0 Å². The number of allylic oxidation sites excluding steroid dienone is 1. The fourth-order valence-electron chi connectivity index (χ4n) is 4.09. The molecule has 2 fully saturated rings. The number of amides is 1. The summed E-state index contributed by atoms with van der Waals surface area (Å²) in [5, 5.41) is 0. The van der Waals surface area contributed by atoms with E-state index >= 15 is 0 Å². The number of likely N-dealkylation sites (tertiary alicyclic amines) is 1. The molecule has 0 radical (unpaired) electrons. The van der Waals surface area contributed by atoms with Gasteiger partial charge in [0.05, 0.1) is 31.4 Å². The lowest BCUT2D eigenvalue weighted by Crippen LogP contribution is -2.38. The molecule has 2 atom stereocenters. The van der Waals surface area contributed by atoms with E-state index in [2.05, 4.69) is 11.1 Å². The highest BCUT2D eigenvalue weighted by atomic mass is 16.5. The van der Waals surface area contributed by atoms with Gasteiger partial charge >= 0.3 is 0 Å². The van der Waals surface area contributed by atoms with Gasteiger partial charge in [-0.15, -0.1) is 0 Å². The van der Waals surface area contributed by atoms with E-state index in [0.29, 0.717) is 19.1 Å². The minimum Gasteiger partial charge on any atom is -0.491 e. The molecule has 1 aliphatic carbocycles. The summed E-state index contributed by atoms with van der Waals surface area (Å²) >= 11 is 0. The van der Waals surface area contributed by atoms with Crippen LogP contribution in [0, 0.1) is 11.3 Å². The summed E-state index contributed by atoms with van der Waals surface area (Å²) in [6, 6.07) is 3.79. The first kappa shape index (κ1) is 15.6. The van der Waals surface area contributed by atoms with Gasteiger partial charge in [0, 0.05) is 30.8 Å². The van der Waals surface area contributed by atoms with Crippen LogP contribution in [0.25, 0.3) is 0 Å². The normalized spacial score (nSPS) is 29.2.